The van der Waals surface area contributed by atoms with Gasteiger partial charge < -0.3 is 24.8 Å². The molecule has 6 atom stereocenters. The quantitative estimate of drug-likeness (QED) is 0.238. The Kier molecular flexibility index (Phi) is 8.34. The lowest BCUT2D eigenvalue weighted by molar-refractivity contribution is -0.144. The van der Waals surface area contributed by atoms with Crippen molar-refractivity contribution in [3.63, 3.8) is 0 Å². The number of esters is 1. The summed E-state index contributed by atoms with van der Waals surface area (Å²) < 4.78 is 53.1. The predicted molar refractivity (Wildman–Crippen MR) is 135 cm³/mol. The minimum atomic E-state index is -4.24. The standard InChI is InChI=1S/C24H31FN5O7P/c1-4-24(19-12-11-17-22(26)27-14-28-30(17)19)21(25)20(31)18(36-24)13-35-38(33,29-15(3)23(32)34-5-2)37-16-9-7-6-8-10-16/h6-12,14-15,18,20-21,31H,4-5,13H2,1-3H3,(H,29,33)(H2,26,27,28)/t15-,18-,20-,21-,24+,38?/m1/s1. The first-order valence-corrected chi connectivity index (χ1v) is 13.7. The van der Waals surface area contributed by atoms with E-state index in [1.54, 1.807) is 56.3 Å². The molecule has 12 nitrogen and oxygen atoms in total. The highest BCUT2D eigenvalue weighted by Gasteiger charge is 2.57. The fourth-order valence-electron chi connectivity index (χ4n) is 4.37. The summed E-state index contributed by atoms with van der Waals surface area (Å²) in [4.78, 5) is 16.1. The van der Waals surface area contributed by atoms with E-state index in [1.807, 2.05) is 0 Å². The molecular formula is C24H31FN5O7P. The Morgan fingerprint density at radius 1 is 1.32 bits per heavy atom. The second-order valence-electron chi connectivity index (χ2n) is 8.75. The van der Waals surface area contributed by atoms with E-state index in [4.69, 9.17) is 24.3 Å². The van der Waals surface area contributed by atoms with Crippen LogP contribution in [-0.4, -0.2) is 63.3 Å². The Morgan fingerprint density at radius 2 is 2.05 bits per heavy atom. The van der Waals surface area contributed by atoms with Gasteiger partial charge in [-0.1, -0.05) is 25.1 Å². The number of fused-ring (bicyclic) bond motifs is 1. The van der Waals surface area contributed by atoms with E-state index in [9.17, 15) is 14.5 Å². The van der Waals surface area contributed by atoms with Gasteiger partial charge in [0, 0.05) is 0 Å². The zero-order valence-corrected chi connectivity index (χ0v) is 22.1. The topological polar surface area (TPSA) is 160 Å². The molecule has 3 aromatic rings. The highest BCUT2D eigenvalue weighted by atomic mass is 31.2. The number of alkyl halides is 1. The van der Waals surface area contributed by atoms with Crippen molar-refractivity contribution in [1.82, 2.24) is 19.7 Å². The maximum absolute atomic E-state index is 15.8. The zero-order valence-electron chi connectivity index (χ0n) is 21.2. The van der Waals surface area contributed by atoms with Crippen LogP contribution in [0.5, 0.6) is 5.75 Å². The number of anilines is 1. The first kappa shape index (κ1) is 27.9. The number of ether oxygens (including phenoxy) is 2. The maximum atomic E-state index is 15.8. The van der Waals surface area contributed by atoms with Crippen LogP contribution in [0.1, 0.15) is 32.9 Å². The van der Waals surface area contributed by atoms with Crippen LogP contribution in [0.4, 0.5) is 10.2 Å². The number of nitrogens with zero attached hydrogens (tertiary/aromatic N) is 3. The minimum Gasteiger partial charge on any atom is -0.465 e. The molecule has 0 spiro atoms. The normalized spacial score (nSPS) is 25.7. The smallest absolute Gasteiger partial charge is 0.459 e. The van der Waals surface area contributed by atoms with Gasteiger partial charge in [-0.3, -0.25) is 9.32 Å². The van der Waals surface area contributed by atoms with Gasteiger partial charge in [-0.15, -0.1) is 0 Å². The first-order chi connectivity index (χ1) is 18.1. The summed E-state index contributed by atoms with van der Waals surface area (Å²) >= 11 is 0. The molecule has 1 unspecified atom stereocenters. The van der Waals surface area contributed by atoms with Crippen LogP contribution in [0.2, 0.25) is 0 Å². The van der Waals surface area contributed by atoms with Gasteiger partial charge in [0.2, 0.25) is 0 Å². The summed E-state index contributed by atoms with van der Waals surface area (Å²) in [5.74, 6) is -0.261. The Balaban J connectivity index is 1.57. The van der Waals surface area contributed by atoms with Crippen molar-refractivity contribution in [3.8, 4) is 5.75 Å². The molecule has 0 radical (unpaired) electrons. The molecule has 38 heavy (non-hydrogen) atoms. The molecule has 0 saturated carbocycles. The average Bonchev–Trinajstić information content (AvgIpc) is 3.44. The summed E-state index contributed by atoms with van der Waals surface area (Å²) in [5.41, 5.74) is 5.11. The number of hydrogen-bond donors (Lipinski definition) is 3. The van der Waals surface area contributed by atoms with Crippen LogP contribution in [-0.2, 0) is 29.0 Å². The van der Waals surface area contributed by atoms with Crippen LogP contribution < -0.4 is 15.3 Å². The number of rotatable bonds is 11. The van der Waals surface area contributed by atoms with Crippen molar-refractivity contribution in [2.24, 2.45) is 0 Å². The Bertz CT molecular complexity index is 1310. The molecule has 4 rings (SSSR count). The number of aliphatic hydroxyl groups is 1. The average molecular weight is 552 g/mol. The molecule has 4 N–H and O–H groups in total. The SMILES string of the molecule is CCOC(=O)[C@@H](C)NP(=O)(OC[C@H]1O[C@@](CC)(c2ccc3c(N)ncnn23)[C@H](F)[C@@H]1O)Oc1ccccc1. The van der Waals surface area contributed by atoms with E-state index >= 15 is 4.39 Å². The van der Waals surface area contributed by atoms with E-state index in [0.29, 0.717) is 11.2 Å². The molecule has 1 aromatic carbocycles. The number of aliphatic hydroxyl groups excluding tert-OH is 1. The van der Waals surface area contributed by atoms with E-state index < -0.39 is 50.3 Å². The second-order valence-corrected chi connectivity index (χ2v) is 10.4. The summed E-state index contributed by atoms with van der Waals surface area (Å²) in [6.45, 7) is 4.39. The molecule has 3 heterocycles. The summed E-state index contributed by atoms with van der Waals surface area (Å²) in [6, 6.07) is 10.4. The van der Waals surface area contributed by atoms with E-state index in [-0.39, 0.29) is 24.6 Å². The largest absolute Gasteiger partial charge is 0.465 e. The number of nitrogens with one attached hydrogen (secondary N) is 1. The lowest BCUT2D eigenvalue weighted by Crippen LogP contribution is -2.38. The molecule has 0 aliphatic carbocycles. The number of nitrogens with two attached hydrogens (primary N) is 1. The van der Waals surface area contributed by atoms with Gasteiger partial charge in [0.1, 0.15) is 41.4 Å². The summed E-state index contributed by atoms with van der Waals surface area (Å²) in [6.07, 6.45) is -3.37. The lowest BCUT2D eigenvalue weighted by Gasteiger charge is -2.29. The molecule has 1 aliphatic heterocycles. The van der Waals surface area contributed by atoms with Crippen LogP contribution in [0.3, 0.4) is 0 Å². The number of carbonyl (C=O) groups is 1. The van der Waals surface area contributed by atoms with Gasteiger partial charge in [-0.2, -0.15) is 10.2 Å². The monoisotopic (exact) mass is 551 g/mol. The molecule has 14 heteroatoms. The van der Waals surface area contributed by atoms with Crippen molar-refractivity contribution >= 4 is 25.1 Å². The Labute approximate surface area is 218 Å². The molecule has 2 aromatic heterocycles. The molecule has 0 amide bonds. The van der Waals surface area contributed by atoms with Gasteiger partial charge >= 0.3 is 13.7 Å². The number of benzene rings is 1. The summed E-state index contributed by atoms with van der Waals surface area (Å²) in [7, 11) is -4.24. The van der Waals surface area contributed by atoms with Crippen molar-refractivity contribution < 1.29 is 37.4 Å². The fourth-order valence-corrected chi connectivity index (χ4v) is 5.88. The molecular weight excluding hydrogens is 520 g/mol. The lowest BCUT2D eigenvalue weighted by atomic mass is 9.90. The van der Waals surface area contributed by atoms with Gasteiger partial charge in [-0.05, 0) is 44.5 Å². The highest BCUT2D eigenvalue weighted by molar-refractivity contribution is 7.52. The third kappa shape index (κ3) is 5.38. The molecule has 206 valence electrons. The molecule has 0 bridgehead atoms. The highest BCUT2D eigenvalue weighted by Crippen LogP contribution is 2.48. The number of hydrogen-bond acceptors (Lipinski definition) is 10. The Hall–Kier alpha value is -3.09. The van der Waals surface area contributed by atoms with Crippen molar-refractivity contribution in [3.05, 3.63) is 54.5 Å². The number of carbonyl (C=O) groups excluding carboxylic acids is 1. The van der Waals surface area contributed by atoms with Gasteiger partial charge in [0.25, 0.3) is 0 Å². The molecule has 1 aliphatic rings. The first-order valence-electron chi connectivity index (χ1n) is 12.2. The van der Waals surface area contributed by atoms with Crippen LogP contribution in [0.25, 0.3) is 5.52 Å². The van der Waals surface area contributed by atoms with Gasteiger partial charge in [-0.25, -0.2) is 18.5 Å². The van der Waals surface area contributed by atoms with Crippen LogP contribution >= 0.6 is 7.75 Å². The third-order valence-corrected chi connectivity index (χ3v) is 7.94. The van der Waals surface area contributed by atoms with Crippen LogP contribution in [0.15, 0.2) is 48.8 Å². The van der Waals surface area contributed by atoms with Gasteiger partial charge in [0.15, 0.2) is 12.0 Å². The van der Waals surface area contributed by atoms with Gasteiger partial charge in [0.05, 0.1) is 18.9 Å². The number of halogens is 1. The van der Waals surface area contributed by atoms with Crippen LogP contribution in [0, 0.1) is 0 Å². The second kappa shape index (κ2) is 11.3. The van der Waals surface area contributed by atoms with E-state index in [1.165, 1.54) is 17.8 Å². The third-order valence-electron chi connectivity index (χ3n) is 6.30. The van der Waals surface area contributed by atoms with Crippen molar-refractivity contribution in [2.75, 3.05) is 18.9 Å². The summed E-state index contributed by atoms with van der Waals surface area (Å²) in [5, 5.41) is 17.5. The predicted octanol–water partition coefficient (Wildman–Crippen LogP) is 2.76. The number of aromatic nitrogens is 3. The Morgan fingerprint density at radius 3 is 2.74 bits per heavy atom. The maximum Gasteiger partial charge on any atom is 0.459 e. The number of para-hydroxylation sites is 1. The number of nitrogen functional groups attached to an aromatic ring is 1. The minimum absolute atomic E-state index is 0.125. The zero-order chi connectivity index (χ0) is 27.5. The molecule has 1 fully saturated rings. The van der Waals surface area contributed by atoms with Crippen molar-refractivity contribution in [1.29, 1.82) is 0 Å². The van der Waals surface area contributed by atoms with E-state index in [0.717, 1.165) is 0 Å². The van der Waals surface area contributed by atoms with E-state index in [2.05, 4.69) is 15.2 Å². The fraction of sp³-hybridized carbons (Fsp3) is 0.458. The van der Waals surface area contributed by atoms with Crippen molar-refractivity contribution in [2.45, 2.75) is 57.2 Å². The molecule has 1 saturated heterocycles.